The van der Waals surface area contributed by atoms with Crippen LogP contribution in [0, 0.1) is 17.7 Å². The van der Waals surface area contributed by atoms with E-state index in [1.165, 1.54) is 29.2 Å². The molecule has 5 nitrogen and oxygen atoms in total. The second-order valence-electron chi connectivity index (χ2n) is 6.13. The normalized spacial score (nSPS) is 23.8. The molecule has 2 atom stereocenters. The van der Waals surface area contributed by atoms with Crippen molar-refractivity contribution in [1.29, 1.82) is 0 Å². The number of hydrogen-bond acceptors (Lipinski definition) is 3. The quantitative estimate of drug-likeness (QED) is 0.867. The number of carbonyl (C=O) groups excluding carboxylic acids is 3. The summed E-state index contributed by atoms with van der Waals surface area (Å²) in [6.07, 6.45) is 3.56. The van der Waals surface area contributed by atoms with Gasteiger partial charge >= 0.3 is 0 Å². The van der Waals surface area contributed by atoms with E-state index in [9.17, 15) is 18.8 Å². The number of hydrogen-bond donors (Lipinski definition) is 1. The number of likely N-dealkylation sites (tertiary alicyclic amines) is 1. The lowest BCUT2D eigenvalue weighted by Gasteiger charge is -2.19. The molecule has 1 aliphatic carbocycles. The fourth-order valence-electron chi connectivity index (χ4n) is 3.42. The number of carbonyl (C=O) groups is 3. The van der Waals surface area contributed by atoms with Crippen LogP contribution in [0.3, 0.4) is 0 Å². The van der Waals surface area contributed by atoms with Crippen molar-refractivity contribution in [1.82, 2.24) is 4.90 Å². The van der Waals surface area contributed by atoms with Crippen molar-refractivity contribution in [3.8, 4) is 0 Å². The number of imide groups is 1. The SMILES string of the molecule is O=C(CCN1C(=O)[C@@H]2CCCC[C@H]2C1=O)Nc1ccc(F)cc1. The monoisotopic (exact) mass is 318 g/mol. The van der Waals surface area contributed by atoms with E-state index < -0.39 is 0 Å². The number of nitrogens with one attached hydrogen (secondary N) is 1. The number of nitrogens with zero attached hydrogens (tertiary/aromatic N) is 1. The maximum absolute atomic E-state index is 12.8. The zero-order chi connectivity index (χ0) is 16.4. The number of amides is 3. The van der Waals surface area contributed by atoms with E-state index in [2.05, 4.69) is 5.32 Å². The van der Waals surface area contributed by atoms with Gasteiger partial charge in [0, 0.05) is 18.7 Å². The minimum atomic E-state index is -0.376. The number of benzene rings is 1. The maximum Gasteiger partial charge on any atom is 0.233 e. The molecule has 0 spiro atoms. The molecule has 122 valence electrons. The average Bonchev–Trinajstić information content (AvgIpc) is 2.80. The summed E-state index contributed by atoms with van der Waals surface area (Å²) in [4.78, 5) is 37.7. The van der Waals surface area contributed by atoms with Crippen LogP contribution in [0.2, 0.25) is 0 Å². The summed E-state index contributed by atoms with van der Waals surface area (Å²) in [5.41, 5.74) is 0.490. The van der Waals surface area contributed by atoms with Gasteiger partial charge in [0.05, 0.1) is 11.8 Å². The van der Waals surface area contributed by atoms with Crippen molar-refractivity contribution >= 4 is 23.4 Å². The largest absolute Gasteiger partial charge is 0.326 e. The Bertz CT molecular complexity index is 605. The van der Waals surface area contributed by atoms with Crippen LogP contribution in [0.1, 0.15) is 32.1 Å². The summed E-state index contributed by atoms with van der Waals surface area (Å²) in [6.45, 7) is 0.109. The van der Waals surface area contributed by atoms with Crippen molar-refractivity contribution in [2.24, 2.45) is 11.8 Å². The highest BCUT2D eigenvalue weighted by Gasteiger charge is 2.47. The molecule has 1 N–H and O–H groups in total. The smallest absolute Gasteiger partial charge is 0.233 e. The highest BCUT2D eigenvalue weighted by molar-refractivity contribution is 6.05. The minimum Gasteiger partial charge on any atom is -0.326 e. The Kier molecular flexibility index (Phi) is 4.41. The van der Waals surface area contributed by atoms with Gasteiger partial charge in [0.1, 0.15) is 5.82 Å². The predicted molar refractivity (Wildman–Crippen MR) is 81.8 cm³/mol. The molecule has 1 aliphatic heterocycles. The zero-order valence-corrected chi connectivity index (χ0v) is 12.8. The first-order chi connectivity index (χ1) is 11.1. The first kappa shape index (κ1) is 15.6. The van der Waals surface area contributed by atoms with E-state index in [-0.39, 0.29) is 48.3 Å². The average molecular weight is 318 g/mol. The third kappa shape index (κ3) is 3.25. The Hall–Kier alpha value is -2.24. The van der Waals surface area contributed by atoms with Gasteiger partial charge in [0.15, 0.2) is 0 Å². The Morgan fingerprint density at radius 1 is 1.09 bits per heavy atom. The van der Waals surface area contributed by atoms with Crippen LogP contribution in [-0.4, -0.2) is 29.2 Å². The molecule has 2 aliphatic rings. The highest BCUT2D eigenvalue weighted by Crippen LogP contribution is 2.37. The molecule has 1 aromatic carbocycles. The molecule has 1 heterocycles. The second kappa shape index (κ2) is 6.48. The van der Waals surface area contributed by atoms with E-state index in [0.717, 1.165) is 25.7 Å². The van der Waals surface area contributed by atoms with Crippen LogP contribution in [0.5, 0.6) is 0 Å². The second-order valence-corrected chi connectivity index (χ2v) is 6.13. The summed E-state index contributed by atoms with van der Waals surface area (Å²) in [7, 11) is 0. The predicted octanol–water partition coefficient (Wildman–Crippen LogP) is 2.33. The van der Waals surface area contributed by atoms with Crippen LogP contribution < -0.4 is 5.32 Å². The molecule has 23 heavy (non-hydrogen) atoms. The topological polar surface area (TPSA) is 66.5 Å². The molecule has 1 saturated heterocycles. The van der Waals surface area contributed by atoms with Crippen molar-refractivity contribution in [3.05, 3.63) is 30.1 Å². The lowest BCUT2D eigenvalue weighted by atomic mass is 9.81. The van der Waals surface area contributed by atoms with E-state index in [0.29, 0.717) is 5.69 Å². The van der Waals surface area contributed by atoms with Crippen molar-refractivity contribution in [2.45, 2.75) is 32.1 Å². The standard InChI is InChI=1S/C17H19FN2O3/c18-11-5-7-12(8-6-11)19-15(21)9-10-20-16(22)13-3-1-2-4-14(13)17(20)23/h5-8,13-14H,1-4,9-10H2,(H,19,21)/t13-,14-/m1/s1. The number of halogens is 1. The molecule has 6 heteroatoms. The third-order valence-electron chi connectivity index (χ3n) is 4.62. The summed E-state index contributed by atoms with van der Waals surface area (Å²) in [6, 6.07) is 5.45. The molecule has 3 rings (SSSR count). The summed E-state index contributed by atoms with van der Waals surface area (Å²) < 4.78 is 12.8. The number of fused-ring (bicyclic) bond motifs is 1. The van der Waals surface area contributed by atoms with Crippen LogP contribution in [-0.2, 0) is 14.4 Å². The number of rotatable bonds is 4. The van der Waals surface area contributed by atoms with E-state index in [4.69, 9.17) is 0 Å². The van der Waals surface area contributed by atoms with Crippen molar-refractivity contribution in [2.75, 3.05) is 11.9 Å². The van der Waals surface area contributed by atoms with Crippen LogP contribution in [0.25, 0.3) is 0 Å². The van der Waals surface area contributed by atoms with Gasteiger partial charge in [0.2, 0.25) is 17.7 Å². The molecule has 3 amide bonds. The number of anilines is 1. The molecule has 1 aromatic rings. The zero-order valence-electron chi connectivity index (χ0n) is 12.8. The third-order valence-corrected chi connectivity index (χ3v) is 4.62. The molecule has 2 fully saturated rings. The fraction of sp³-hybridized carbons (Fsp3) is 0.471. The minimum absolute atomic E-state index is 0.0499. The molecular weight excluding hydrogens is 299 g/mol. The van der Waals surface area contributed by atoms with Crippen molar-refractivity contribution in [3.63, 3.8) is 0 Å². The summed E-state index contributed by atoms with van der Waals surface area (Å²) in [5, 5.41) is 2.63. The first-order valence-corrected chi connectivity index (χ1v) is 7.97. The van der Waals surface area contributed by atoms with E-state index >= 15 is 0 Å². The summed E-state index contributed by atoms with van der Waals surface area (Å²) >= 11 is 0. The molecule has 0 unspecified atom stereocenters. The highest BCUT2D eigenvalue weighted by atomic mass is 19.1. The summed E-state index contributed by atoms with van der Waals surface area (Å²) in [5.74, 6) is -1.30. The molecule has 0 bridgehead atoms. The molecular formula is C17H19FN2O3. The van der Waals surface area contributed by atoms with Gasteiger partial charge in [0.25, 0.3) is 0 Å². The van der Waals surface area contributed by atoms with Gasteiger partial charge < -0.3 is 5.32 Å². The molecule has 1 saturated carbocycles. The van der Waals surface area contributed by atoms with E-state index in [1.54, 1.807) is 0 Å². The van der Waals surface area contributed by atoms with Gasteiger partial charge in [-0.25, -0.2) is 4.39 Å². The van der Waals surface area contributed by atoms with Gasteiger partial charge in [-0.15, -0.1) is 0 Å². The van der Waals surface area contributed by atoms with Crippen LogP contribution >= 0.6 is 0 Å². The van der Waals surface area contributed by atoms with Gasteiger partial charge in [-0.05, 0) is 37.1 Å². The molecule has 0 aromatic heterocycles. The Morgan fingerprint density at radius 3 is 2.22 bits per heavy atom. The van der Waals surface area contributed by atoms with Crippen LogP contribution in [0.4, 0.5) is 10.1 Å². The Balaban J connectivity index is 1.55. The maximum atomic E-state index is 12.8. The van der Waals surface area contributed by atoms with Crippen molar-refractivity contribution < 1.29 is 18.8 Å². The van der Waals surface area contributed by atoms with Crippen LogP contribution in [0.15, 0.2) is 24.3 Å². The van der Waals surface area contributed by atoms with Gasteiger partial charge in [-0.1, -0.05) is 12.8 Å². The fourth-order valence-corrected chi connectivity index (χ4v) is 3.42. The molecule has 0 radical (unpaired) electrons. The Morgan fingerprint density at radius 2 is 1.65 bits per heavy atom. The Labute approximate surface area is 133 Å². The van der Waals surface area contributed by atoms with Gasteiger partial charge in [-0.2, -0.15) is 0 Å². The van der Waals surface area contributed by atoms with E-state index in [1.807, 2.05) is 0 Å². The lowest BCUT2D eigenvalue weighted by molar-refractivity contribution is -0.140. The lowest BCUT2D eigenvalue weighted by Crippen LogP contribution is -2.34. The first-order valence-electron chi connectivity index (χ1n) is 7.97. The van der Waals surface area contributed by atoms with Gasteiger partial charge in [-0.3, -0.25) is 19.3 Å².